The lowest BCUT2D eigenvalue weighted by atomic mass is 10.2. The topological polar surface area (TPSA) is 63.8 Å². The summed E-state index contributed by atoms with van der Waals surface area (Å²) in [5, 5.41) is 3.21. The fourth-order valence-electron chi connectivity index (χ4n) is 1.74. The predicted octanol–water partition coefficient (Wildman–Crippen LogP) is 2.35. The lowest BCUT2D eigenvalue weighted by Gasteiger charge is -2.09. The van der Waals surface area contributed by atoms with Crippen molar-refractivity contribution >= 4 is 5.69 Å². The zero-order valence-corrected chi connectivity index (χ0v) is 10.9. The molecule has 1 aromatic heterocycles. The van der Waals surface area contributed by atoms with E-state index in [9.17, 15) is 4.39 Å². The van der Waals surface area contributed by atoms with Crippen LogP contribution in [-0.2, 0) is 0 Å². The molecule has 0 aliphatic carbocycles. The van der Waals surface area contributed by atoms with Gasteiger partial charge in [-0.05, 0) is 32.0 Å². The number of nitrogens with zero attached hydrogens (tertiary/aromatic N) is 2. The smallest absolute Gasteiger partial charge is 0.162 e. The highest BCUT2D eigenvalue weighted by Gasteiger charge is 2.09. The van der Waals surface area contributed by atoms with Crippen LogP contribution in [0, 0.1) is 12.7 Å². The van der Waals surface area contributed by atoms with Crippen LogP contribution in [0.1, 0.15) is 12.1 Å². The zero-order valence-electron chi connectivity index (χ0n) is 10.9. The first kappa shape index (κ1) is 13.4. The lowest BCUT2D eigenvalue weighted by molar-refractivity contribution is 0.630. The molecule has 0 amide bonds. The first-order valence-electron chi connectivity index (χ1n) is 6.25. The summed E-state index contributed by atoms with van der Waals surface area (Å²) in [6.45, 7) is 3.29. The Morgan fingerprint density at radius 2 is 2.11 bits per heavy atom. The normalized spacial score (nSPS) is 10.5. The highest BCUT2D eigenvalue weighted by atomic mass is 19.1. The molecule has 1 heterocycles. The SMILES string of the molecule is Cc1nc(-c2ccccc2F)ncc1NCCCN. The first-order chi connectivity index (χ1) is 9.22. The standard InChI is InChI=1S/C14H17FN4/c1-10-13(17-8-4-7-16)9-18-14(19-10)11-5-2-3-6-12(11)15/h2-3,5-6,9,17H,4,7-8,16H2,1H3. The van der Waals surface area contributed by atoms with Gasteiger partial charge in [0.1, 0.15) is 5.82 Å². The number of nitrogens with two attached hydrogens (primary N) is 1. The van der Waals surface area contributed by atoms with Gasteiger partial charge in [0.25, 0.3) is 0 Å². The van der Waals surface area contributed by atoms with Crippen LogP contribution in [-0.4, -0.2) is 23.1 Å². The number of halogens is 1. The van der Waals surface area contributed by atoms with Crippen LogP contribution in [0.5, 0.6) is 0 Å². The highest BCUT2D eigenvalue weighted by molar-refractivity contribution is 5.58. The van der Waals surface area contributed by atoms with E-state index < -0.39 is 0 Å². The second-order valence-corrected chi connectivity index (χ2v) is 4.24. The van der Waals surface area contributed by atoms with Gasteiger partial charge in [-0.1, -0.05) is 12.1 Å². The summed E-state index contributed by atoms with van der Waals surface area (Å²) in [5.41, 5.74) is 7.50. The van der Waals surface area contributed by atoms with Crippen LogP contribution in [0.15, 0.2) is 30.5 Å². The molecule has 0 radical (unpaired) electrons. The Hall–Kier alpha value is -2.01. The molecule has 0 unspecified atom stereocenters. The van der Waals surface area contributed by atoms with Gasteiger partial charge in [0.15, 0.2) is 5.82 Å². The molecule has 0 atom stereocenters. The van der Waals surface area contributed by atoms with Crippen LogP contribution in [0.25, 0.3) is 11.4 Å². The van der Waals surface area contributed by atoms with E-state index in [-0.39, 0.29) is 5.82 Å². The predicted molar refractivity (Wildman–Crippen MR) is 74.3 cm³/mol. The molecule has 0 aliphatic rings. The number of hydrogen-bond acceptors (Lipinski definition) is 4. The molecule has 0 fully saturated rings. The number of aryl methyl sites for hydroxylation is 1. The van der Waals surface area contributed by atoms with Crippen molar-refractivity contribution in [3.05, 3.63) is 42.0 Å². The molecule has 0 spiro atoms. The summed E-state index contributed by atoms with van der Waals surface area (Å²) in [7, 11) is 0. The number of nitrogens with one attached hydrogen (secondary N) is 1. The van der Waals surface area contributed by atoms with E-state index in [0.29, 0.717) is 17.9 Å². The molecule has 5 heteroatoms. The van der Waals surface area contributed by atoms with Crippen LogP contribution in [0.4, 0.5) is 10.1 Å². The Balaban J connectivity index is 2.21. The van der Waals surface area contributed by atoms with E-state index in [0.717, 1.165) is 24.3 Å². The molecule has 0 bridgehead atoms. The van der Waals surface area contributed by atoms with Crippen molar-refractivity contribution < 1.29 is 4.39 Å². The third kappa shape index (κ3) is 3.26. The van der Waals surface area contributed by atoms with E-state index in [1.807, 2.05) is 6.92 Å². The van der Waals surface area contributed by atoms with Gasteiger partial charge < -0.3 is 11.1 Å². The van der Waals surface area contributed by atoms with Crippen molar-refractivity contribution in [1.82, 2.24) is 9.97 Å². The number of anilines is 1. The second kappa shape index (κ2) is 6.24. The fourth-order valence-corrected chi connectivity index (χ4v) is 1.74. The average Bonchev–Trinajstić information content (AvgIpc) is 2.41. The minimum absolute atomic E-state index is 0.314. The summed E-state index contributed by atoms with van der Waals surface area (Å²) in [5.74, 6) is 0.0886. The Bertz CT molecular complexity index is 557. The summed E-state index contributed by atoms with van der Waals surface area (Å²) in [6, 6.07) is 6.49. The molecule has 2 rings (SSSR count). The van der Waals surface area contributed by atoms with Crippen molar-refractivity contribution in [2.24, 2.45) is 5.73 Å². The Kier molecular flexibility index (Phi) is 4.41. The molecular weight excluding hydrogens is 243 g/mol. The van der Waals surface area contributed by atoms with Crippen molar-refractivity contribution in [3.8, 4) is 11.4 Å². The van der Waals surface area contributed by atoms with Crippen molar-refractivity contribution in [2.45, 2.75) is 13.3 Å². The van der Waals surface area contributed by atoms with Crippen LogP contribution >= 0.6 is 0 Å². The second-order valence-electron chi connectivity index (χ2n) is 4.24. The quantitative estimate of drug-likeness (QED) is 0.810. The van der Waals surface area contributed by atoms with Crippen molar-refractivity contribution in [2.75, 3.05) is 18.4 Å². The Morgan fingerprint density at radius 1 is 1.32 bits per heavy atom. The molecule has 0 aliphatic heterocycles. The van der Waals surface area contributed by atoms with Gasteiger partial charge in [0, 0.05) is 6.54 Å². The summed E-state index contributed by atoms with van der Waals surface area (Å²) in [4.78, 5) is 8.54. The Labute approximate surface area is 111 Å². The van der Waals surface area contributed by atoms with Gasteiger partial charge in [-0.15, -0.1) is 0 Å². The van der Waals surface area contributed by atoms with Gasteiger partial charge in [0.2, 0.25) is 0 Å². The van der Waals surface area contributed by atoms with Crippen LogP contribution < -0.4 is 11.1 Å². The van der Waals surface area contributed by atoms with E-state index in [1.165, 1.54) is 6.07 Å². The maximum atomic E-state index is 13.6. The number of hydrogen-bond donors (Lipinski definition) is 2. The average molecular weight is 260 g/mol. The van der Waals surface area contributed by atoms with Crippen LogP contribution in [0.2, 0.25) is 0 Å². The molecule has 2 aromatic rings. The summed E-state index contributed by atoms with van der Waals surface area (Å²) < 4.78 is 13.6. The van der Waals surface area contributed by atoms with Crippen molar-refractivity contribution in [3.63, 3.8) is 0 Å². The van der Waals surface area contributed by atoms with Gasteiger partial charge >= 0.3 is 0 Å². The number of benzene rings is 1. The summed E-state index contributed by atoms with van der Waals surface area (Å²) in [6.07, 6.45) is 2.56. The van der Waals surface area contributed by atoms with E-state index >= 15 is 0 Å². The van der Waals surface area contributed by atoms with Gasteiger partial charge in [-0.2, -0.15) is 0 Å². The maximum Gasteiger partial charge on any atom is 0.162 e. The molecule has 4 nitrogen and oxygen atoms in total. The molecule has 100 valence electrons. The first-order valence-corrected chi connectivity index (χ1v) is 6.25. The van der Waals surface area contributed by atoms with Gasteiger partial charge in [-0.25, -0.2) is 14.4 Å². The minimum Gasteiger partial charge on any atom is -0.382 e. The van der Waals surface area contributed by atoms with Gasteiger partial charge in [-0.3, -0.25) is 0 Å². The molecule has 0 saturated heterocycles. The molecule has 1 aromatic carbocycles. The monoisotopic (exact) mass is 260 g/mol. The van der Waals surface area contributed by atoms with Crippen molar-refractivity contribution in [1.29, 1.82) is 0 Å². The zero-order chi connectivity index (χ0) is 13.7. The van der Waals surface area contributed by atoms with E-state index in [2.05, 4.69) is 15.3 Å². The highest BCUT2D eigenvalue weighted by Crippen LogP contribution is 2.21. The number of rotatable bonds is 5. The van der Waals surface area contributed by atoms with E-state index in [4.69, 9.17) is 5.73 Å². The maximum absolute atomic E-state index is 13.6. The third-order valence-electron chi connectivity index (χ3n) is 2.79. The Morgan fingerprint density at radius 3 is 2.79 bits per heavy atom. The lowest BCUT2D eigenvalue weighted by Crippen LogP contribution is -2.10. The molecule has 3 N–H and O–H groups in total. The number of aromatic nitrogens is 2. The van der Waals surface area contributed by atoms with E-state index in [1.54, 1.807) is 24.4 Å². The molecule has 19 heavy (non-hydrogen) atoms. The fraction of sp³-hybridized carbons (Fsp3) is 0.286. The summed E-state index contributed by atoms with van der Waals surface area (Å²) >= 11 is 0. The third-order valence-corrected chi connectivity index (χ3v) is 2.79. The molecular formula is C14H17FN4. The largest absolute Gasteiger partial charge is 0.382 e. The molecule has 0 saturated carbocycles. The minimum atomic E-state index is -0.314. The van der Waals surface area contributed by atoms with Crippen LogP contribution in [0.3, 0.4) is 0 Å². The van der Waals surface area contributed by atoms with Gasteiger partial charge in [0.05, 0.1) is 23.1 Å².